The van der Waals surface area contributed by atoms with Gasteiger partial charge >= 0.3 is 0 Å². The van der Waals surface area contributed by atoms with E-state index in [4.69, 9.17) is 0 Å². The van der Waals surface area contributed by atoms with Crippen molar-refractivity contribution in [1.82, 2.24) is 0 Å². The van der Waals surface area contributed by atoms with E-state index < -0.39 is 0 Å². The fourth-order valence-corrected chi connectivity index (χ4v) is 8.75. The van der Waals surface area contributed by atoms with E-state index in [-0.39, 0.29) is 0 Å². The zero-order chi connectivity index (χ0) is 19.9. The fourth-order valence-electron chi connectivity index (χ4n) is 8.75. The van der Waals surface area contributed by atoms with Gasteiger partial charge in [0.1, 0.15) is 0 Å². The summed E-state index contributed by atoms with van der Waals surface area (Å²) in [6.07, 6.45) is 19.7. The predicted molar refractivity (Wildman–Crippen MR) is 119 cm³/mol. The molecule has 7 unspecified atom stereocenters. The van der Waals surface area contributed by atoms with E-state index in [0.717, 1.165) is 29.6 Å². The number of aliphatic hydroxyl groups excluding tert-OH is 1. The van der Waals surface area contributed by atoms with Crippen LogP contribution < -0.4 is 0 Å². The quantitative estimate of drug-likeness (QED) is 0.472. The first-order valence-corrected chi connectivity index (χ1v) is 12.7. The van der Waals surface area contributed by atoms with E-state index in [9.17, 15) is 5.11 Å². The number of aliphatic hydroxyl groups is 1. The molecule has 160 valence electrons. The fraction of sp³-hybridized carbons (Fsp3) is 0.926. The van der Waals surface area contributed by atoms with Gasteiger partial charge in [0.05, 0.1) is 0 Å². The van der Waals surface area contributed by atoms with Gasteiger partial charge in [0.25, 0.3) is 0 Å². The maximum Gasteiger partial charge on any atom is 0.0456 e. The Morgan fingerprint density at radius 1 is 1.04 bits per heavy atom. The molecule has 0 radical (unpaired) electrons. The Kier molecular flexibility index (Phi) is 6.05. The van der Waals surface area contributed by atoms with Gasteiger partial charge in [-0.3, -0.25) is 0 Å². The molecule has 0 aliphatic heterocycles. The summed E-state index contributed by atoms with van der Waals surface area (Å²) < 4.78 is 0. The van der Waals surface area contributed by atoms with Crippen LogP contribution in [0, 0.1) is 46.3 Å². The van der Waals surface area contributed by atoms with Crippen LogP contribution in [0.3, 0.4) is 0 Å². The first-order chi connectivity index (χ1) is 13.4. The summed E-state index contributed by atoms with van der Waals surface area (Å²) in [6.45, 7) is 10.4. The van der Waals surface area contributed by atoms with Crippen molar-refractivity contribution in [3.05, 3.63) is 11.6 Å². The Labute approximate surface area is 174 Å². The second-order valence-electron chi connectivity index (χ2n) is 11.9. The van der Waals surface area contributed by atoms with Gasteiger partial charge in [-0.05, 0) is 104 Å². The van der Waals surface area contributed by atoms with Crippen LogP contribution in [0.5, 0.6) is 0 Å². The lowest BCUT2D eigenvalue weighted by molar-refractivity contribution is -0.0500. The molecule has 0 aromatic rings. The lowest BCUT2D eigenvalue weighted by atomic mass is 9.47. The van der Waals surface area contributed by atoms with E-state index in [1.54, 1.807) is 0 Å². The number of hydrogen-bond acceptors (Lipinski definition) is 1. The second-order valence-corrected chi connectivity index (χ2v) is 11.9. The Morgan fingerprint density at radius 3 is 2.64 bits per heavy atom. The molecular weight excluding hydrogens is 340 g/mol. The molecule has 0 bridgehead atoms. The van der Waals surface area contributed by atoms with E-state index >= 15 is 0 Å². The minimum atomic E-state index is 0.356. The largest absolute Gasteiger partial charge is 0.396 e. The van der Waals surface area contributed by atoms with Gasteiger partial charge in [0, 0.05) is 6.61 Å². The SMILES string of the molecule is CC(CO)CCC[C@@H](C)C1CCC2C3CC=C4CCCCC4(C)C3CCC21C. The average Bonchev–Trinajstić information content (AvgIpc) is 3.04. The number of rotatable bonds is 6. The molecule has 4 aliphatic rings. The summed E-state index contributed by atoms with van der Waals surface area (Å²) >= 11 is 0. The third kappa shape index (κ3) is 3.42. The summed E-state index contributed by atoms with van der Waals surface area (Å²) in [5.41, 5.74) is 3.00. The molecule has 0 amide bonds. The van der Waals surface area contributed by atoms with Crippen molar-refractivity contribution < 1.29 is 5.11 Å². The average molecular weight is 387 g/mol. The van der Waals surface area contributed by atoms with Gasteiger partial charge < -0.3 is 5.11 Å². The summed E-state index contributed by atoms with van der Waals surface area (Å²) in [4.78, 5) is 0. The highest BCUT2D eigenvalue weighted by molar-refractivity contribution is 5.24. The van der Waals surface area contributed by atoms with Crippen LogP contribution >= 0.6 is 0 Å². The molecule has 1 heteroatoms. The van der Waals surface area contributed by atoms with Gasteiger partial charge in [-0.15, -0.1) is 0 Å². The summed E-state index contributed by atoms with van der Waals surface area (Å²) in [5.74, 6) is 5.20. The maximum absolute atomic E-state index is 9.32. The second kappa shape index (κ2) is 8.09. The van der Waals surface area contributed by atoms with Crippen LogP contribution in [0.25, 0.3) is 0 Å². The van der Waals surface area contributed by atoms with Gasteiger partial charge in [0.15, 0.2) is 0 Å². The van der Waals surface area contributed by atoms with Crippen molar-refractivity contribution in [1.29, 1.82) is 0 Å². The Balaban J connectivity index is 1.45. The van der Waals surface area contributed by atoms with Crippen LogP contribution in [0.1, 0.15) is 105 Å². The molecule has 4 rings (SSSR count). The topological polar surface area (TPSA) is 20.2 Å². The summed E-state index contributed by atoms with van der Waals surface area (Å²) in [6, 6.07) is 0. The van der Waals surface area contributed by atoms with E-state index in [1.165, 1.54) is 77.0 Å². The third-order valence-corrected chi connectivity index (χ3v) is 10.4. The first-order valence-electron chi connectivity index (χ1n) is 12.7. The van der Waals surface area contributed by atoms with Crippen LogP contribution in [0.4, 0.5) is 0 Å². The zero-order valence-electron chi connectivity index (χ0n) is 19.2. The summed E-state index contributed by atoms with van der Waals surface area (Å²) in [7, 11) is 0. The Morgan fingerprint density at radius 2 is 1.86 bits per heavy atom. The smallest absolute Gasteiger partial charge is 0.0456 e. The third-order valence-electron chi connectivity index (χ3n) is 10.4. The zero-order valence-corrected chi connectivity index (χ0v) is 19.2. The lowest BCUT2D eigenvalue weighted by Gasteiger charge is -2.58. The number of hydrogen-bond donors (Lipinski definition) is 1. The van der Waals surface area contributed by atoms with Crippen LogP contribution in [0.15, 0.2) is 11.6 Å². The normalized spacial score (nSPS) is 44.8. The molecule has 0 aromatic carbocycles. The number of allylic oxidation sites excluding steroid dienone is 2. The van der Waals surface area contributed by atoms with Crippen molar-refractivity contribution in [2.24, 2.45) is 46.3 Å². The van der Waals surface area contributed by atoms with Crippen LogP contribution in [-0.4, -0.2) is 11.7 Å². The van der Waals surface area contributed by atoms with E-state index in [1.807, 2.05) is 5.57 Å². The minimum Gasteiger partial charge on any atom is -0.396 e. The highest BCUT2D eigenvalue weighted by atomic mass is 16.3. The summed E-state index contributed by atoms with van der Waals surface area (Å²) in [5, 5.41) is 9.32. The molecule has 0 heterocycles. The first kappa shape index (κ1) is 21.0. The molecule has 8 atom stereocenters. The lowest BCUT2D eigenvalue weighted by Crippen LogP contribution is -2.50. The minimum absolute atomic E-state index is 0.356. The van der Waals surface area contributed by atoms with Gasteiger partial charge in [-0.25, -0.2) is 0 Å². The van der Waals surface area contributed by atoms with E-state index in [0.29, 0.717) is 23.4 Å². The monoisotopic (exact) mass is 386 g/mol. The van der Waals surface area contributed by atoms with Gasteiger partial charge in [-0.1, -0.05) is 58.6 Å². The van der Waals surface area contributed by atoms with Gasteiger partial charge in [0.2, 0.25) is 0 Å². The van der Waals surface area contributed by atoms with Crippen molar-refractivity contribution in [3.63, 3.8) is 0 Å². The molecule has 1 nitrogen and oxygen atoms in total. The Bertz CT molecular complexity index is 579. The van der Waals surface area contributed by atoms with Crippen LogP contribution in [0.2, 0.25) is 0 Å². The molecule has 0 spiro atoms. The highest BCUT2D eigenvalue weighted by Crippen LogP contribution is 2.67. The highest BCUT2D eigenvalue weighted by Gasteiger charge is 2.58. The standard InChI is InChI=1S/C27H46O/c1-19(18-28)8-7-9-20(2)23-13-14-24-22-12-11-21-10-5-6-16-26(21,3)25(22)15-17-27(23,24)4/h11,19-20,22-25,28H,5-10,12-18H2,1-4H3/t19?,20-,22?,23?,24?,25?,26?,27?/m1/s1. The van der Waals surface area contributed by atoms with E-state index in [2.05, 4.69) is 33.8 Å². The molecule has 4 aliphatic carbocycles. The Hall–Kier alpha value is -0.300. The van der Waals surface area contributed by atoms with Crippen molar-refractivity contribution in [2.45, 2.75) is 105 Å². The molecule has 3 saturated carbocycles. The molecule has 3 fully saturated rings. The number of fused-ring (bicyclic) bond motifs is 5. The molecule has 0 saturated heterocycles. The molecular formula is C27H46O. The van der Waals surface area contributed by atoms with Crippen LogP contribution in [-0.2, 0) is 0 Å². The molecule has 1 N–H and O–H groups in total. The molecule has 0 aromatic heterocycles. The van der Waals surface area contributed by atoms with Crippen molar-refractivity contribution >= 4 is 0 Å². The van der Waals surface area contributed by atoms with Crippen molar-refractivity contribution in [2.75, 3.05) is 6.61 Å². The maximum atomic E-state index is 9.32. The predicted octanol–water partition coefficient (Wildman–Crippen LogP) is 7.39. The van der Waals surface area contributed by atoms with Crippen molar-refractivity contribution in [3.8, 4) is 0 Å². The molecule has 28 heavy (non-hydrogen) atoms. The van der Waals surface area contributed by atoms with Gasteiger partial charge in [-0.2, -0.15) is 0 Å².